The van der Waals surface area contributed by atoms with Gasteiger partial charge in [-0.25, -0.2) is 0 Å². The average molecular weight is 489 g/mol. The fourth-order valence-electron chi connectivity index (χ4n) is 4.72. The van der Waals surface area contributed by atoms with Crippen molar-refractivity contribution >= 4 is 34.7 Å². The first-order chi connectivity index (χ1) is 17.0. The molecule has 0 aliphatic carbocycles. The van der Waals surface area contributed by atoms with Gasteiger partial charge in [-0.15, -0.1) is 0 Å². The molecule has 180 valence electrons. The molecule has 2 aromatic heterocycles. The summed E-state index contributed by atoms with van der Waals surface area (Å²) < 4.78 is 6.24. The highest BCUT2D eigenvalue weighted by Gasteiger charge is 2.20. The normalized spacial score (nSPS) is 17.4. The Hall–Kier alpha value is -3.19. The van der Waals surface area contributed by atoms with Gasteiger partial charge in [-0.05, 0) is 61.2 Å². The van der Waals surface area contributed by atoms with Crippen molar-refractivity contribution < 1.29 is 9.84 Å². The fourth-order valence-corrected chi connectivity index (χ4v) is 5.08. The smallest absolute Gasteiger partial charge is 0.123 e. The molecule has 1 aliphatic rings. The molecule has 2 atom stereocenters. The van der Waals surface area contributed by atoms with E-state index < -0.39 is 0 Å². The van der Waals surface area contributed by atoms with Gasteiger partial charge in [0.25, 0.3) is 0 Å². The topological polar surface area (TPSA) is 74.3 Å². The van der Waals surface area contributed by atoms with Crippen molar-refractivity contribution in [2.45, 2.75) is 39.0 Å². The Bertz CT molecular complexity index is 1350. The van der Waals surface area contributed by atoms with E-state index in [9.17, 15) is 5.11 Å². The molecule has 0 amide bonds. The van der Waals surface area contributed by atoms with Crippen molar-refractivity contribution in [3.63, 3.8) is 0 Å². The third-order valence-corrected chi connectivity index (χ3v) is 6.76. The Balaban J connectivity index is 1.33. The summed E-state index contributed by atoms with van der Waals surface area (Å²) >= 11 is 6.38. The van der Waals surface area contributed by atoms with Crippen LogP contribution in [-0.2, 0) is 6.54 Å². The summed E-state index contributed by atoms with van der Waals surface area (Å²) in [5.74, 6) is 0.753. The quantitative estimate of drug-likeness (QED) is 0.344. The molecule has 3 heterocycles. The van der Waals surface area contributed by atoms with E-state index in [1.807, 2.05) is 38.1 Å². The van der Waals surface area contributed by atoms with E-state index in [4.69, 9.17) is 16.3 Å². The molecule has 0 bridgehead atoms. The summed E-state index contributed by atoms with van der Waals surface area (Å²) in [7, 11) is 0. The zero-order valence-electron chi connectivity index (χ0n) is 19.9. The number of hydrogen-bond acceptors (Lipinski definition) is 5. The van der Waals surface area contributed by atoms with Crippen molar-refractivity contribution in [1.82, 2.24) is 20.1 Å². The molecule has 6 nitrogen and oxygen atoms in total. The van der Waals surface area contributed by atoms with Gasteiger partial charge in [0, 0.05) is 43.0 Å². The number of ether oxygens (including phenoxy) is 1. The molecule has 1 saturated heterocycles. The van der Waals surface area contributed by atoms with E-state index in [2.05, 4.69) is 50.4 Å². The Morgan fingerprint density at radius 2 is 2.11 bits per heavy atom. The second-order valence-corrected chi connectivity index (χ2v) is 9.59. The van der Waals surface area contributed by atoms with Gasteiger partial charge in [0.05, 0.1) is 22.3 Å². The molecule has 7 heteroatoms. The van der Waals surface area contributed by atoms with Crippen LogP contribution in [0.25, 0.3) is 23.1 Å². The molecular formula is C28H29ClN4O2. The molecule has 2 aromatic carbocycles. The second kappa shape index (κ2) is 10.2. The van der Waals surface area contributed by atoms with Gasteiger partial charge in [-0.2, -0.15) is 5.10 Å². The lowest BCUT2D eigenvalue weighted by Gasteiger charge is -2.18. The highest BCUT2D eigenvalue weighted by Crippen LogP contribution is 2.31. The minimum absolute atomic E-state index is 0.200. The van der Waals surface area contributed by atoms with Crippen LogP contribution in [0, 0.1) is 6.92 Å². The van der Waals surface area contributed by atoms with E-state index >= 15 is 0 Å². The molecule has 2 N–H and O–H groups in total. The van der Waals surface area contributed by atoms with E-state index in [-0.39, 0.29) is 12.2 Å². The highest BCUT2D eigenvalue weighted by molar-refractivity contribution is 6.31. The molecule has 4 aromatic rings. The van der Waals surface area contributed by atoms with Crippen LogP contribution in [0.5, 0.6) is 5.75 Å². The standard InChI is InChI=1S/C28H29ClN4O2/c1-18-14-30-15-25(29)28(18)19(2)35-23-7-9-27-24(13-23)26(31-32-27)8-6-20-4-3-5-21(12-20)16-33-11-10-22(34)17-33/h3-9,12-15,19,22,34H,10-11,16-17H2,1-2H3,(H,31,32)/b8-6+/t19-,22?/m1/s1. The van der Waals surface area contributed by atoms with Crippen LogP contribution < -0.4 is 4.74 Å². The van der Waals surface area contributed by atoms with Crippen LogP contribution in [0.4, 0.5) is 0 Å². The number of halogens is 1. The van der Waals surface area contributed by atoms with E-state index in [1.165, 1.54) is 5.56 Å². The van der Waals surface area contributed by atoms with E-state index in [1.54, 1.807) is 12.4 Å². The van der Waals surface area contributed by atoms with Gasteiger partial charge < -0.3 is 9.84 Å². The molecule has 0 radical (unpaired) electrons. The summed E-state index contributed by atoms with van der Waals surface area (Å²) in [6.07, 6.45) is 7.98. The van der Waals surface area contributed by atoms with Crippen LogP contribution in [-0.4, -0.2) is 44.4 Å². The summed E-state index contributed by atoms with van der Waals surface area (Å²) in [6, 6.07) is 14.4. The van der Waals surface area contributed by atoms with E-state index in [0.717, 1.165) is 65.1 Å². The second-order valence-electron chi connectivity index (χ2n) is 9.18. The summed E-state index contributed by atoms with van der Waals surface area (Å²) in [4.78, 5) is 6.43. The van der Waals surface area contributed by atoms with Crippen LogP contribution >= 0.6 is 11.6 Å². The number of aryl methyl sites for hydroxylation is 1. The van der Waals surface area contributed by atoms with Crippen molar-refractivity contribution in [3.05, 3.63) is 87.8 Å². The van der Waals surface area contributed by atoms with Crippen molar-refractivity contribution in [3.8, 4) is 5.75 Å². The molecule has 1 unspecified atom stereocenters. The maximum absolute atomic E-state index is 9.78. The fraction of sp³-hybridized carbons (Fsp3) is 0.286. The third-order valence-electron chi connectivity index (χ3n) is 6.46. The lowest BCUT2D eigenvalue weighted by Crippen LogP contribution is -2.21. The molecule has 1 fully saturated rings. The predicted octanol–water partition coefficient (Wildman–Crippen LogP) is 5.80. The highest BCUT2D eigenvalue weighted by atomic mass is 35.5. The van der Waals surface area contributed by atoms with Gasteiger partial charge in [0.2, 0.25) is 0 Å². The predicted molar refractivity (Wildman–Crippen MR) is 140 cm³/mol. The number of aliphatic hydroxyl groups is 1. The molecular weight excluding hydrogens is 460 g/mol. The number of fused-ring (bicyclic) bond motifs is 1. The zero-order valence-corrected chi connectivity index (χ0v) is 20.7. The first-order valence-electron chi connectivity index (χ1n) is 11.9. The van der Waals surface area contributed by atoms with Crippen molar-refractivity contribution in [2.75, 3.05) is 13.1 Å². The average Bonchev–Trinajstić information content (AvgIpc) is 3.43. The lowest BCUT2D eigenvalue weighted by atomic mass is 10.1. The Labute approximate surface area is 210 Å². The van der Waals surface area contributed by atoms with Crippen molar-refractivity contribution in [2.24, 2.45) is 0 Å². The van der Waals surface area contributed by atoms with Gasteiger partial charge in [-0.1, -0.05) is 41.9 Å². The first-order valence-corrected chi connectivity index (χ1v) is 12.3. The van der Waals surface area contributed by atoms with E-state index in [0.29, 0.717) is 5.02 Å². The zero-order chi connectivity index (χ0) is 24.4. The molecule has 0 spiro atoms. The molecule has 5 rings (SSSR count). The number of β-amino-alcohol motifs (C(OH)–C–C–N with tert-alkyl or cyclic N) is 1. The van der Waals surface area contributed by atoms with Crippen LogP contribution in [0.3, 0.4) is 0 Å². The lowest BCUT2D eigenvalue weighted by molar-refractivity contribution is 0.175. The number of nitrogens with zero attached hydrogens (tertiary/aromatic N) is 3. The third kappa shape index (κ3) is 5.40. The number of aromatic nitrogens is 3. The largest absolute Gasteiger partial charge is 0.486 e. The van der Waals surface area contributed by atoms with Gasteiger partial charge in [0.15, 0.2) is 0 Å². The number of aliphatic hydroxyl groups excluding tert-OH is 1. The monoisotopic (exact) mass is 488 g/mol. The number of benzene rings is 2. The molecule has 35 heavy (non-hydrogen) atoms. The van der Waals surface area contributed by atoms with Crippen LogP contribution in [0.2, 0.25) is 5.02 Å². The van der Waals surface area contributed by atoms with Gasteiger partial charge >= 0.3 is 0 Å². The number of rotatable bonds is 7. The Morgan fingerprint density at radius 3 is 2.91 bits per heavy atom. The van der Waals surface area contributed by atoms with Gasteiger partial charge in [0.1, 0.15) is 11.9 Å². The molecule has 1 aliphatic heterocycles. The minimum Gasteiger partial charge on any atom is -0.486 e. The Kier molecular flexibility index (Phi) is 6.86. The minimum atomic E-state index is -0.215. The first kappa shape index (κ1) is 23.5. The maximum atomic E-state index is 9.78. The number of pyridine rings is 1. The maximum Gasteiger partial charge on any atom is 0.123 e. The van der Waals surface area contributed by atoms with Crippen LogP contribution in [0.15, 0.2) is 54.9 Å². The summed E-state index contributed by atoms with van der Waals surface area (Å²) in [6.45, 7) is 6.51. The number of H-pyrrole nitrogens is 1. The summed E-state index contributed by atoms with van der Waals surface area (Å²) in [5.41, 5.74) is 6.09. The number of aromatic amines is 1. The number of nitrogens with one attached hydrogen (secondary N) is 1. The van der Waals surface area contributed by atoms with Crippen molar-refractivity contribution in [1.29, 1.82) is 0 Å². The number of likely N-dealkylation sites (tertiary alicyclic amines) is 1. The number of hydrogen-bond donors (Lipinski definition) is 2. The SMILES string of the molecule is Cc1cncc(Cl)c1[C@@H](C)Oc1ccc2[nH]nc(/C=C/c3cccc(CN4CCC(O)C4)c3)c2c1. The summed E-state index contributed by atoms with van der Waals surface area (Å²) in [5, 5.41) is 19.0. The van der Waals surface area contributed by atoms with Gasteiger partial charge in [-0.3, -0.25) is 15.0 Å². The molecule has 0 saturated carbocycles. The Morgan fingerprint density at radius 1 is 1.23 bits per heavy atom. The van der Waals surface area contributed by atoms with Crippen LogP contribution in [0.1, 0.15) is 47.4 Å².